The van der Waals surface area contributed by atoms with E-state index in [2.05, 4.69) is 16.5 Å². The van der Waals surface area contributed by atoms with Crippen molar-refractivity contribution in [1.29, 1.82) is 0 Å². The number of hydrogen-bond acceptors (Lipinski definition) is 3. The highest BCUT2D eigenvalue weighted by atomic mass is 16.3. The van der Waals surface area contributed by atoms with Gasteiger partial charge in [-0.1, -0.05) is 19.1 Å². The highest BCUT2D eigenvalue weighted by molar-refractivity contribution is 5.75. The van der Waals surface area contributed by atoms with Crippen molar-refractivity contribution in [2.45, 2.75) is 45.4 Å². The second-order valence-electron chi connectivity index (χ2n) is 4.51. The zero-order valence-corrected chi connectivity index (χ0v) is 10.9. The summed E-state index contributed by atoms with van der Waals surface area (Å²) >= 11 is 0. The summed E-state index contributed by atoms with van der Waals surface area (Å²) in [7, 11) is 0. The third kappa shape index (κ3) is 2.40. The van der Waals surface area contributed by atoms with Crippen molar-refractivity contribution in [1.82, 2.24) is 9.55 Å². The van der Waals surface area contributed by atoms with Gasteiger partial charge in [-0.2, -0.15) is 0 Å². The summed E-state index contributed by atoms with van der Waals surface area (Å²) in [5.74, 6) is 0.832. The Morgan fingerprint density at radius 3 is 2.56 bits per heavy atom. The molecule has 2 aromatic rings. The summed E-state index contributed by atoms with van der Waals surface area (Å²) in [6.07, 6.45) is -0.502. The SMILES string of the molecule is CCC(O)C(O)Cc1nc2ccccc2n1CC. The van der Waals surface area contributed by atoms with Crippen LogP contribution in [0.25, 0.3) is 11.0 Å². The fourth-order valence-electron chi connectivity index (χ4n) is 2.23. The molecule has 0 radical (unpaired) electrons. The van der Waals surface area contributed by atoms with Crippen LogP contribution < -0.4 is 0 Å². The van der Waals surface area contributed by atoms with Gasteiger partial charge in [-0.05, 0) is 25.5 Å². The minimum atomic E-state index is -0.753. The fourth-order valence-corrected chi connectivity index (χ4v) is 2.23. The smallest absolute Gasteiger partial charge is 0.112 e. The first-order chi connectivity index (χ1) is 8.67. The molecule has 2 rings (SSSR count). The van der Waals surface area contributed by atoms with E-state index in [4.69, 9.17) is 0 Å². The molecule has 2 atom stereocenters. The van der Waals surface area contributed by atoms with Crippen molar-refractivity contribution in [3.8, 4) is 0 Å². The van der Waals surface area contributed by atoms with Gasteiger partial charge in [0.1, 0.15) is 5.82 Å². The van der Waals surface area contributed by atoms with Gasteiger partial charge in [0.15, 0.2) is 0 Å². The highest BCUT2D eigenvalue weighted by Crippen LogP contribution is 2.17. The largest absolute Gasteiger partial charge is 0.390 e. The molecule has 0 aliphatic heterocycles. The van der Waals surface area contributed by atoms with Crippen LogP contribution >= 0.6 is 0 Å². The number of para-hydroxylation sites is 2. The topological polar surface area (TPSA) is 58.3 Å². The maximum Gasteiger partial charge on any atom is 0.112 e. The molecule has 0 spiro atoms. The average Bonchev–Trinajstić information content (AvgIpc) is 2.74. The van der Waals surface area contributed by atoms with Crippen molar-refractivity contribution in [3.05, 3.63) is 30.1 Å². The first-order valence-electron chi connectivity index (χ1n) is 6.47. The quantitative estimate of drug-likeness (QED) is 0.847. The van der Waals surface area contributed by atoms with E-state index in [0.717, 1.165) is 23.4 Å². The number of aliphatic hydroxyl groups is 2. The van der Waals surface area contributed by atoms with E-state index in [-0.39, 0.29) is 0 Å². The molecule has 18 heavy (non-hydrogen) atoms. The molecule has 4 heteroatoms. The molecule has 4 nitrogen and oxygen atoms in total. The molecule has 0 aliphatic rings. The van der Waals surface area contributed by atoms with Crippen molar-refractivity contribution in [2.24, 2.45) is 0 Å². The van der Waals surface area contributed by atoms with E-state index in [1.165, 1.54) is 0 Å². The third-order valence-corrected chi connectivity index (χ3v) is 3.30. The molecule has 1 aromatic carbocycles. The second kappa shape index (κ2) is 5.50. The lowest BCUT2D eigenvalue weighted by Gasteiger charge is -2.16. The molecule has 2 unspecified atom stereocenters. The van der Waals surface area contributed by atoms with E-state index in [1.807, 2.05) is 31.2 Å². The number of aromatic nitrogens is 2. The fraction of sp³-hybridized carbons (Fsp3) is 0.500. The Hall–Kier alpha value is -1.39. The first-order valence-corrected chi connectivity index (χ1v) is 6.47. The number of hydrogen-bond donors (Lipinski definition) is 2. The highest BCUT2D eigenvalue weighted by Gasteiger charge is 2.18. The van der Waals surface area contributed by atoms with Crippen LogP contribution in [0.5, 0.6) is 0 Å². The molecule has 1 aromatic heterocycles. The van der Waals surface area contributed by atoms with Gasteiger partial charge in [0.05, 0.1) is 23.2 Å². The molecule has 98 valence electrons. The van der Waals surface area contributed by atoms with Crippen LogP contribution in [0.3, 0.4) is 0 Å². The lowest BCUT2D eigenvalue weighted by Crippen LogP contribution is -2.28. The Labute approximate surface area is 107 Å². The van der Waals surface area contributed by atoms with Crippen molar-refractivity contribution >= 4 is 11.0 Å². The number of aryl methyl sites for hydroxylation is 1. The monoisotopic (exact) mass is 248 g/mol. The Balaban J connectivity index is 2.33. The van der Waals surface area contributed by atoms with Crippen LogP contribution in [0, 0.1) is 0 Å². The minimum Gasteiger partial charge on any atom is -0.390 e. The molecule has 0 saturated carbocycles. The van der Waals surface area contributed by atoms with E-state index in [1.54, 1.807) is 0 Å². The zero-order chi connectivity index (χ0) is 13.1. The summed E-state index contributed by atoms with van der Waals surface area (Å²) in [5.41, 5.74) is 2.01. The van der Waals surface area contributed by atoms with Crippen molar-refractivity contribution in [2.75, 3.05) is 0 Å². The predicted molar refractivity (Wildman–Crippen MR) is 71.4 cm³/mol. The Morgan fingerprint density at radius 2 is 1.89 bits per heavy atom. The van der Waals surface area contributed by atoms with Gasteiger partial charge in [0.2, 0.25) is 0 Å². The van der Waals surface area contributed by atoms with Crippen LogP contribution in [0.2, 0.25) is 0 Å². The van der Waals surface area contributed by atoms with Crippen LogP contribution in [0.15, 0.2) is 24.3 Å². The second-order valence-corrected chi connectivity index (χ2v) is 4.51. The number of rotatable bonds is 5. The van der Waals surface area contributed by atoms with Gasteiger partial charge in [-0.25, -0.2) is 4.98 Å². The lowest BCUT2D eigenvalue weighted by atomic mass is 10.1. The Kier molecular flexibility index (Phi) is 3.99. The van der Waals surface area contributed by atoms with Crippen LogP contribution in [0.4, 0.5) is 0 Å². The van der Waals surface area contributed by atoms with Crippen molar-refractivity contribution < 1.29 is 10.2 Å². The lowest BCUT2D eigenvalue weighted by molar-refractivity contribution is 0.0167. The predicted octanol–water partition coefficient (Wildman–Crippen LogP) is 1.73. The van der Waals surface area contributed by atoms with Gasteiger partial charge < -0.3 is 14.8 Å². The summed E-state index contributed by atoms with van der Waals surface area (Å²) in [6.45, 7) is 4.72. The molecular weight excluding hydrogens is 228 g/mol. The van der Waals surface area contributed by atoms with Crippen LogP contribution in [-0.2, 0) is 13.0 Å². The van der Waals surface area contributed by atoms with Gasteiger partial charge in [-0.15, -0.1) is 0 Å². The van der Waals surface area contributed by atoms with Crippen LogP contribution in [-0.4, -0.2) is 32.0 Å². The van der Waals surface area contributed by atoms with E-state index >= 15 is 0 Å². The van der Waals surface area contributed by atoms with E-state index in [9.17, 15) is 10.2 Å². The van der Waals surface area contributed by atoms with E-state index in [0.29, 0.717) is 12.8 Å². The Morgan fingerprint density at radius 1 is 1.17 bits per heavy atom. The molecule has 2 N–H and O–H groups in total. The number of nitrogens with zero attached hydrogens (tertiary/aromatic N) is 2. The Bertz CT molecular complexity index is 521. The van der Waals surface area contributed by atoms with Gasteiger partial charge in [0.25, 0.3) is 0 Å². The molecule has 0 amide bonds. The van der Waals surface area contributed by atoms with Gasteiger partial charge in [-0.3, -0.25) is 0 Å². The minimum absolute atomic E-state index is 0.386. The average molecular weight is 248 g/mol. The maximum absolute atomic E-state index is 9.91. The van der Waals surface area contributed by atoms with Crippen LogP contribution in [0.1, 0.15) is 26.1 Å². The maximum atomic E-state index is 9.91. The zero-order valence-electron chi connectivity index (χ0n) is 10.9. The first kappa shape index (κ1) is 13.1. The number of benzene rings is 1. The van der Waals surface area contributed by atoms with E-state index < -0.39 is 12.2 Å². The molecule has 0 bridgehead atoms. The standard InChI is InChI=1S/C14H20N2O2/c1-3-12(17)13(18)9-14-15-10-7-5-6-8-11(10)16(14)4-2/h5-8,12-13,17-18H,3-4,9H2,1-2H3. The normalized spacial score (nSPS) is 14.9. The molecule has 0 aliphatic carbocycles. The summed E-state index contributed by atoms with van der Waals surface area (Å²) in [6, 6.07) is 7.93. The number of fused-ring (bicyclic) bond motifs is 1. The van der Waals surface area contributed by atoms with Gasteiger partial charge >= 0.3 is 0 Å². The van der Waals surface area contributed by atoms with Crippen molar-refractivity contribution in [3.63, 3.8) is 0 Å². The third-order valence-electron chi connectivity index (χ3n) is 3.30. The molecule has 1 heterocycles. The molecular formula is C14H20N2O2. The summed E-state index contributed by atoms with van der Waals surface area (Å²) in [4.78, 5) is 4.53. The summed E-state index contributed by atoms with van der Waals surface area (Å²) in [5, 5.41) is 19.6. The summed E-state index contributed by atoms with van der Waals surface area (Å²) < 4.78 is 2.08. The number of imidazole rings is 1. The molecule has 0 fully saturated rings. The number of aliphatic hydroxyl groups excluding tert-OH is 2. The molecule has 0 saturated heterocycles. The van der Waals surface area contributed by atoms with Gasteiger partial charge in [0, 0.05) is 13.0 Å².